The minimum absolute atomic E-state index is 0.0939. The van der Waals surface area contributed by atoms with Gasteiger partial charge in [-0.2, -0.15) is 4.72 Å². The molecule has 0 saturated carbocycles. The van der Waals surface area contributed by atoms with Gasteiger partial charge in [-0.3, -0.25) is 4.79 Å². The van der Waals surface area contributed by atoms with Gasteiger partial charge in [0.1, 0.15) is 6.04 Å². The van der Waals surface area contributed by atoms with E-state index in [1.165, 1.54) is 19.2 Å². The van der Waals surface area contributed by atoms with Gasteiger partial charge in [0.25, 0.3) is 0 Å². The molecule has 1 aromatic carbocycles. The molecule has 0 spiro atoms. The van der Waals surface area contributed by atoms with Crippen LogP contribution in [0.25, 0.3) is 0 Å². The Bertz CT molecular complexity index is 741. The smallest absolute Gasteiger partial charge is 0.337 e. The number of rotatable bonds is 7. The number of methoxy groups -OCH3 is 1. The van der Waals surface area contributed by atoms with Gasteiger partial charge < -0.3 is 9.84 Å². The first-order valence-corrected chi connectivity index (χ1v) is 8.98. The van der Waals surface area contributed by atoms with E-state index in [0.717, 1.165) is 0 Å². The van der Waals surface area contributed by atoms with Crippen molar-refractivity contribution < 1.29 is 27.9 Å². The first-order valence-electron chi connectivity index (χ1n) is 7.49. The minimum Gasteiger partial charge on any atom is -0.480 e. The van der Waals surface area contributed by atoms with Crippen LogP contribution in [0.3, 0.4) is 0 Å². The summed E-state index contributed by atoms with van der Waals surface area (Å²) in [6.07, 6.45) is 0.500. The molecule has 0 aliphatic carbocycles. The molecule has 0 aromatic heterocycles. The first-order chi connectivity index (χ1) is 11.0. The van der Waals surface area contributed by atoms with Crippen LogP contribution in [0.1, 0.15) is 41.8 Å². The number of ether oxygens (including phenoxy) is 1. The molecule has 0 aliphatic rings. The van der Waals surface area contributed by atoms with E-state index in [2.05, 4.69) is 9.46 Å². The van der Waals surface area contributed by atoms with Crippen molar-refractivity contribution in [1.29, 1.82) is 0 Å². The molecule has 0 radical (unpaired) electrons. The molecule has 0 saturated heterocycles. The number of aliphatic carboxylic acids is 1. The van der Waals surface area contributed by atoms with Crippen molar-refractivity contribution in [3.8, 4) is 0 Å². The predicted molar refractivity (Wildman–Crippen MR) is 88.5 cm³/mol. The van der Waals surface area contributed by atoms with E-state index in [4.69, 9.17) is 0 Å². The van der Waals surface area contributed by atoms with Gasteiger partial charge in [0.2, 0.25) is 10.0 Å². The SMILES string of the molecule is CC[C@H](C)[C@H](NS(=O)(=O)c1cc(C(=O)OC)cc(C)c1C)C(=O)O. The second kappa shape index (κ2) is 7.76. The highest BCUT2D eigenvalue weighted by molar-refractivity contribution is 7.89. The molecule has 0 amide bonds. The third kappa shape index (κ3) is 4.33. The van der Waals surface area contributed by atoms with Gasteiger partial charge in [-0.1, -0.05) is 20.3 Å². The molecule has 24 heavy (non-hydrogen) atoms. The van der Waals surface area contributed by atoms with Crippen LogP contribution < -0.4 is 4.72 Å². The van der Waals surface area contributed by atoms with Crippen LogP contribution in [-0.2, 0) is 19.6 Å². The molecule has 0 bridgehead atoms. The van der Waals surface area contributed by atoms with Gasteiger partial charge in [0.15, 0.2) is 0 Å². The number of carboxylic acids is 1. The number of sulfonamides is 1. The van der Waals surface area contributed by atoms with E-state index in [1.807, 2.05) is 0 Å². The zero-order chi connectivity index (χ0) is 18.7. The number of hydrogen-bond acceptors (Lipinski definition) is 5. The van der Waals surface area contributed by atoms with Crippen molar-refractivity contribution >= 4 is 22.0 Å². The zero-order valence-electron chi connectivity index (χ0n) is 14.4. The average Bonchev–Trinajstić information content (AvgIpc) is 2.52. The third-order valence-corrected chi connectivity index (χ3v) is 5.66. The fourth-order valence-electron chi connectivity index (χ4n) is 2.22. The summed E-state index contributed by atoms with van der Waals surface area (Å²) in [4.78, 5) is 23.0. The summed E-state index contributed by atoms with van der Waals surface area (Å²) in [5, 5.41) is 9.29. The van der Waals surface area contributed by atoms with Gasteiger partial charge in [-0.25, -0.2) is 13.2 Å². The van der Waals surface area contributed by atoms with Crippen molar-refractivity contribution in [3.05, 3.63) is 28.8 Å². The second-order valence-electron chi connectivity index (χ2n) is 5.73. The van der Waals surface area contributed by atoms with Crippen molar-refractivity contribution in [2.75, 3.05) is 7.11 Å². The van der Waals surface area contributed by atoms with Crippen LogP contribution in [0.2, 0.25) is 0 Å². The molecular formula is C16H23NO6S. The van der Waals surface area contributed by atoms with E-state index < -0.39 is 28.0 Å². The number of benzene rings is 1. The summed E-state index contributed by atoms with van der Waals surface area (Å²) in [5.74, 6) is -2.29. The Kier molecular flexibility index (Phi) is 6.50. The molecule has 7 nitrogen and oxygen atoms in total. The van der Waals surface area contributed by atoms with E-state index in [0.29, 0.717) is 17.5 Å². The van der Waals surface area contributed by atoms with E-state index in [1.54, 1.807) is 27.7 Å². The second-order valence-corrected chi connectivity index (χ2v) is 7.41. The van der Waals surface area contributed by atoms with Crippen LogP contribution in [0, 0.1) is 19.8 Å². The number of carbonyl (C=O) groups excluding carboxylic acids is 1. The molecule has 1 rings (SSSR count). The number of carboxylic acid groups (broad SMARTS) is 1. The Morgan fingerprint density at radius 2 is 1.88 bits per heavy atom. The number of nitrogens with one attached hydrogen (secondary N) is 1. The largest absolute Gasteiger partial charge is 0.480 e. The molecule has 0 aliphatic heterocycles. The van der Waals surface area contributed by atoms with Crippen molar-refractivity contribution in [2.45, 2.75) is 45.1 Å². The van der Waals surface area contributed by atoms with Crippen LogP contribution in [0.15, 0.2) is 17.0 Å². The molecule has 0 fully saturated rings. The summed E-state index contributed by atoms with van der Waals surface area (Å²) >= 11 is 0. The highest BCUT2D eigenvalue weighted by atomic mass is 32.2. The van der Waals surface area contributed by atoms with Gasteiger partial charge in [-0.15, -0.1) is 0 Å². The zero-order valence-corrected chi connectivity index (χ0v) is 15.2. The van der Waals surface area contributed by atoms with E-state index >= 15 is 0 Å². The van der Waals surface area contributed by atoms with Gasteiger partial charge in [-0.05, 0) is 43.0 Å². The van der Waals surface area contributed by atoms with E-state index in [9.17, 15) is 23.1 Å². The molecule has 2 N–H and O–H groups in total. The molecular weight excluding hydrogens is 334 g/mol. The summed E-state index contributed by atoms with van der Waals surface area (Å²) in [6.45, 7) is 6.71. The van der Waals surface area contributed by atoms with Crippen LogP contribution in [0.4, 0.5) is 0 Å². The highest BCUT2D eigenvalue weighted by Crippen LogP contribution is 2.23. The van der Waals surface area contributed by atoms with Gasteiger partial charge >= 0.3 is 11.9 Å². The normalized spacial score (nSPS) is 14.0. The fourth-order valence-corrected chi connectivity index (χ4v) is 3.86. The lowest BCUT2D eigenvalue weighted by molar-refractivity contribution is -0.140. The van der Waals surface area contributed by atoms with Crippen LogP contribution in [0.5, 0.6) is 0 Å². The summed E-state index contributed by atoms with van der Waals surface area (Å²) in [5.41, 5.74) is 1.13. The number of carbonyl (C=O) groups is 2. The minimum atomic E-state index is -4.12. The van der Waals surface area contributed by atoms with Gasteiger partial charge in [0, 0.05) is 0 Å². The lowest BCUT2D eigenvalue weighted by Crippen LogP contribution is -2.45. The van der Waals surface area contributed by atoms with Crippen LogP contribution in [-0.4, -0.2) is 38.6 Å². The molecule has 0 unspecified atom stereocenters. The number of aryl methyl sites for hydroxylation is 1. The van der Waals surface area contributed by atoms with E-state index in [-0.39, 0.29) is 16.4 Å². The monoisotopic (exact) mass is 357 g/mol. The maximum Gasteiger partial charge on any atom is 0.337 e. The highest BCUT2D eigenvalue weighted by Gasteiger charge is 2.31. The maximum atomic E-state index is 12.7. The van der Waals surface area contributed by atoms with Crippen LogP contribution >= 0.6 is 0 Å². The standard InChI is InChI=1S/C16H23NO6S/c1-6-9(2)14(15(18)19)17-24(21,22)13-8-12(16(20)23-5)7-10(3)11(13)4/h7-9,14,17H,6H2,1-5H3,(H,18,19)/t9-,14-/m0/s1. The molecule has 8 heteroatoms. The molecule has 2 atom stereocenters. The summed E-state index contributed by atoms with van der Waals surface area (Å²) in [7, 11) is -2.91. The first kappa shape index (κ1) is 20.1. The van der Waals surface area contributed by atoms with Crippen molar-refractivity contribution in [3.63, 3.8) is 0 Å². The molecule has 134 valence electrons. The lowest BCUT2D eigenvalue weighted by Gasteiger charge is -2.21. The molecule has 1 aromatic rings. The maximum absolute atomic E-state index is 12.7. The quantitative estimate of drug-likeness (QED) is 0.721. The Labute approximate surface area is 142 Å². The Balaban J connectivity index is 3.39. The molecule has 0 heterocycles. The summed E-state index contributed by atoms with van der Waals surface area (Å²) < 4.78 is 32.2. The third-order valence-electron chi connectivity index (χ3n) is 4.09. The fraction of sp³-hybridized carbons (Fsp3) is 0.500. The number of hydrogen-bond donors (Lipinski definition) is 2. The Morgan fingerprint density at radius 3 is 2.33 bits per heavy atom. The topological polar surface area (TPSA) is 110 Å². The van der Waals surface area contributed by atoms with Crippen molar-refractivity contribution in [1.82, 2.24) is 4.72 Å². The summed E-state index contributed by atoms with van der Waals surface area (Å²) in [6, 6.07) is 1.48. The van der Waals surface area contributed by atoms with Crippen molar-refractivity contribution in [2.24, 2.45) is 5.92 Å². The number of esters is 1. The Morgan fingerprint density at radius 1 is 1.29 bits per heavy atom. The van der Waals surface area contributed by atoms with Gasteiger partial charge in [0.05, 0.1) is 17.6 Å². The Hall–Kier alpha value is -1.93. The lowest BCUT2D eigenvalue weighted by atomic mass is 10.0. The average molecular weight is 357 g/mol. The predicted octanol–water partition coefficient (Wildman–Crippen LogP) is 1.87.